The Hall–Kier alpha value is -6.32. The first-order chi connectivity index (χ1) is 24.3. The van der Waals surface area contributed by atoms with Crippen LogP contribution < -0.4 is 9.80 Å². The summed E-state index contributed by atoms with van der Waals surface area (Å²) in [5.41, 5.74) is 10.8. The van der Waals surface area contributed by atoms with E-state index < -0.39 is 0 Å². The lowest BCUT2D eigenvalue weighted by molar-refractivity contribution is 0.745. The SMILES string of the molecule is C1=CC2c3ccccc3N(c3ccc(N(c4ccc(-n5c6ccccc6c6ccccc65)cc4)c4cccc5ccccc45)cc3)C2C=C1. The molecule has 10 rings (SSSR count). The maximum atomic E-state index is 2.49. The molecule has 7 aromatic carbocycles. The molecule has 0 saturated carbocycles. The fraction of sp³-hybridized carbons (Fsp3) is 0.0435. The van der Waals surface area contributed by atoms with Crippen molar-refractivity contribution in [3.63, 3.8) is 0 Å². The van der Waals surface area contributed by atoms with Gasteiger partial charge in [0.1, 0.15) is 0 Å². The first-order valence-corrected chi connectivity index (χ1v) is 17.0. The second kappa shape index (κ2) is 11.1. The molecular formula is C46H33N3. The standard InChI is InChI=1S/C46H33N3/c1-2-14-37-32(12-1)13-11-23-42(37)47(33-24-28-35(29-25-33)48-43-19-7-3-15-38(43)39-16-4-8-20-44(39)48)34-26-30-36(31-27-34)49-45-21-9-5-17-40(45)41-18-6-10-22-46(41)49/h1-31,38,43H. The normalized spacial score (nSPS) is 16.4. The summed E-state index contributed by atoms with van der Waals surface area (Å²) in [5.74, 6) is 0.362. The van der Waals surface area contributed by atoms with E-state index >= 15 is 0 Å². The molecule has 0 radical (unpaired) electrons. The number of hydrogen-bond acceptors (Lipinski definition) is 2. The van der Waals surface area contributed by atoms with Gasteiger partial charge >= 0.3 is 0 Å². The Balaban J connectivity index is 1.09. The van der Waals surface area contributed by atoms with E-state index in [-0.39, 0.29) is 6.04 Å². The third kappa shape index (κ3) is 4.36. The number of rotatable bonds is 5. The number of hydrogen-bond donors (Lipinski definition) is 0. The van der Waals surface area contributed by atoms with Crippen LogP contribution in [0.25, 0.3) is 38.3 Å². The van der Waals surface area contributed by atoms with Gasteiger partial charge in [-0.05, 0) is 83.7 Å². The highest BCUT2D eigenvalue weighted by Crippen LogP contribution is 2.48. The van der Waals surface area contributed by atoms with Crippen LogP contribution in [0.1, 0.15) is 11.5 Å². The van der Waals surface area contributed by atoms with E-state index in [0.29, 0.717) is 5.92 Å². The number of allylic oxidation sites excluding steroid dienone is 2. The van der Waals surface area contributed by atoms with Crippen molar-refractivity contribution in [2.45, 2.75) is 12.0 Å². The molecule has 1 aliphatic heterocycles. The lowest BCUT2D eigenvalue weighted by atomic mass is 9.91. The average Bonchev–Trinajstić information content (AvgIpc) is 3.69. The van der Waals surface area contributed by atoms with Crippen molar-refractivity contribution in [2.75, 3.05) is 9.80 Å². The number of para-hydroxylation sites is 3. The van der Waals surface area contributed by atoms with Gasteiger partial charge in [0.15, 0.2) is 0 Å². The summed E-state index contributed by atoms with van der Waals surface area (Å²) in [7, 11) is 0. The van der Waals surface area contributed by atoms with Crippen LogP contribution in [0.15, 0.2) is 188 Å². The Morgan fingerprint density at radius 3 is 1.76 bits per heavy atom. The van der Waals surface area contributed by atoms with Gasteiger partial charge in [0.2, 0.25) is 0 Å². The van der Waals surface area contributed by atoms with Gasteiger partial charge in [-0.15, -0.1) is 0 Å². The second-order valence-corrected chi connectivity index (χ2v) is 13.0. The molecule has 49 heavy (non-hydrogen) atoms. The van der Waals surface area contributed by atoms with Gasteiger partial charge in [0.05, 0.1) is 22.8 Å². The van der Waals surface area contributed by atoms with Crippen molar-refractivity contribution in [3.8, 4) is 5.69 Å². The van der Waals surface area contributed by atoms with Crippen LogP contribution in [-0.2, 0) is 0 Å². The molecular weight excluding hydrogens is 595 g/mol. The van der Waals surface area contributed by atoms with Crippen molar-refractivity contribution in [2.24, 2.45) is 0 Å². The largest absolute Gasteiger partial charge is 0.333 e. The zero-order valence-corrected chi connectivity index (χ0v) is 26.9. The minimum absolute atomic E-state index is 0.274. The topological polar surface area (TPSA) is 11.4 Å². The molecule has 1 aromatic heterocycles. The summed E-state index contributed by atoms with van der Waals surface area (Å²) < 4.78 is 2.38. The molecule has 2 heterocycles. The second-order valence-electron chi connectivity index (χ2n) is 13.0. The molecule has 2 unspecified atom stereocenters. The fourth-order valence-corrected chi connectivity index (χ4v) is 8.13. The monoisotopic (exact) mass is 627 g/mol. The summed E-state index contributed by atoms with van der Waals surface area (Å²) in [5, 5.41) is 4.98. The number of nitrogens with zero attached hydrogens (tertiary/aromatic N) is 3. The van der Waals surface area contributed by atoms with Crippen molar-refractivity contribution in [3.05, 3.63) is 194 Å². The lowest BCUT2D eigenvalue weighted by Gasteiger charge is -2.30. The molecule has 1 aliphatic carbocycles. The highest BCUT2D eigenvalue weighted by molar-refractivity contribution is 6.09. The third-order valence-corrected chi connectivity index (χ3v) is 10.3. The molecule has 0 spiro atoms. The summed E-state index contributed by atoms with van der Waals surface area (Å²) in [4.78, 5) is 4.89. The Morgan fingerprint density at radius 1 is 0.449 bits per heavy atom. The number of anilines is 5. The Kier molecular flexibility index (Phi) is 6.31. The van der Waals surface area contributed by atoms with Crippen LogP contribution in [0, 0.1) is 0 Å². The molecule has 0 saturated heterocycles. The number of benzene rings is 7. The maximum absolute atomic E-state index is 2.49. The van der Waals surface area contributed by atoms with Crippen LogP contribution in [-0.4, -0.2) is 10.6 Å². The Labute approximate surface area is 285 Å². The average molecular weight is 628 g/mol. The van der Waals surface area contributed by atoms with Gasteiger partial charge in [-0.1, -0.05) is 115 Å². The highest BCUT2D eigenvalue weighted by atomic mass is 15.2. The van der Waals surface area contributed by atoms with E-state index in [2.05, 4.69) is 202 Å². The van der Waals surface area contributed by atoms with E-state index in [1.165, 1.54) is 49.5 Å². The molecule has 232 valence electrons. The summed E-state index contributed by atoms with van der Waals surface area (Å²) >= 11 is 0. The van der Waals surface area contributed by atoms with Crippen LogP contribution >= 0.6 is 0 Å². The van der Waals surface area contributed by atoms with Crippen molar-refractivity contribution in [1.29, 1.82) is 0 Å². The molecule has 0 bridgehead atoms. The van der Waals surface area contributed by atoms with Gasteiger partial charge in [-0.3, -0.25) is 0 Å². The van der Waals surface area contributed by atoms with Gasteiger partial charge in [0.25, 0.3) is 0 Å². The van der Waals surface area contributed by atoms with E-state index in [1.54, 1.807) is 0 Å². The van der Waals surface area contributed by atoms with Crippen molar-refractivity contribution in [1.82, 2.24) is 4.57 Å². The minimum atomic E-state index is 0.274. The molecule has 3 heteroatoms. The quantitative estimate of drug-likeness (QED) is 0.188. The molecule has 2 atom stereocenters. The van der Waals surface area contributed by atoms with Gasteiger partial charge in [-0.25, -0.2) is 0 Å². The number of fused-ring (bicyclic) bond motifs is 7. The predicted octanol–water partition coefficient (Wildman–Crippen LogP) is 12.1. The first kappa shape index (κ1) is 27.8. The van der Waals surface area contributed by atoms with Crippen LogP contribution in [0.4, 0.5) is 28.4 Å². The first-order valence-electron chi connectivity index (χ1n) is 17.0. The van der Waals surface area contributed by atoms with E-state index in [9.17, 15) is 0 Å². The third-order valence-electron chi connectivity index (χ3n) is 10.3. The molecule has 3 nitrogen and oxygen atoms in total. The minimum Gasteiger partial charge on any atom is -0.333 e. The molecule has 0 fully saturated rings. The molecule has 0 amide bonds. The zero-order valence-electron chi connectivity index (χ0n) is 26.9. The number of aromatic nitrogens is 1. The van der Waals surface area contributed by atoms with Crippen molar-refractivity contribution >= 4 is 61.0 Å². The predicted molar refractivity (Wildman–Crippen MR) is 206 cm³/mol. The Morgan fingerprint density at radius 2 is 1.02 bits per heavy atom. The van der Waals surface area contributed by atoms with E-state index in [4.69, 9.17) is 0 Å². The summed E-state index contributed by atoms with van der Waals surface area (Å²) in [6.07, 6.45) is 9.03. The highest BCUT2D eigenvalue weighted by Gasteiger charge is 2.37. The van der Waals surface area contributed by atoms with Crippen LogP contribution in [0.3, 0.4) is 0 Å². The zero-order chi connectivity index (χ0) is 32.3. The fourth-order valence-electron chi connectivity index (χ4n) is 8.13. The Bertz CT molecular complexity index is 2510. The van der Waals surface area contributed by atoms with Crippen LogP contribution in [0.5, 0.6) is 0 Å². The molecule has 8 aromatic rings. The van der Waals surface area contributed by atoms with Gasteiger partial charge in [0, 0.05) is 50.5 Å². The van der Waals surface area contributed by atoms with Crippen molar-refractivity contribution < 1.29 is 0 Å². The smallest absolute Gasteiger partial charge is 0.0629 e. The summed E-state index contributed by atoms with van der Waals surface area (Å²) in [6, 6.07) is 59.9. The van der Waals surface area contributed by atoms with E-state index in [1.807, 2.05) is 0 Å². The summed E-state index contributed by atoms with van der Waals surface area (Å²) in [6.45, 7) is 0. The molecule has 2 aliphatic rings. The maximum Gasteiger partial charge on any atom is 0.0629 e. The lowest BCUT2D eigenvalue weighted by Crippen LogP contribution is -2.28. The van der Waals surface area contributed by atoms with Gasteiger partial charge < -0.3 is 14.4 Å². The van der Waals surface area contributed by atoms with Crippen LogP contribution in [0.2, 0.25) is 0 Å². The van der Waals surface area contributed by atoms with Gasteiger partial charge in [-0.2, -0.15) is 0 Å². The molecule has 0 N–H and O–H groups in total. The van der Waals surface area contributed by atoms with E-state index in [0.717, 1.165) is 22.7 Å².